The standard InChI is InChI=1S/C9H17N3O2/c10-4-7-5-14-6-9(13)12(7)8-2-1-3-11-8/h7-8,11H,1-6,10H2. The van der Waals surface area contributed by atoms with Crippen LogP contribution in [0.5, 0.6) is 0 Å². The molecule has 5 heteroatoms. The van der Waals surface area contributed by atoms with Crippen molar-refractivity contribution in [2.24, 2.45) is 5.73 Å². The Morgan fingerprint density at radius 3 is 3.14 bits per heavy atom. The third-order valence-corrected chi connectivity index (χ3v) is 2.86. The molecule has 0 bridgehead atoms. The summed E-state index contributed by atoms with van der Waals surface area (Å²) >= 11 is 0. The van der Waals surface area contributed by atoms with Gasteiger partial charge in [-0.1, -0.05) is 0 Å². The van der Waals surface area contributed by atoms with E-state index < -0.39 is 0 Å². The van der Waals surface area contributed by atoms with Crippen LogP contribution < -0.4 is 11.1 Å². The first-order chi connectivity index (χ1) is 6.83. The summed E-state index contributed by atoms with van der Waals surface area (Å²) in [6.45, 7) is 2.24. The molecule has 2 fully saturated rings. The zero-order valence-corrected chi connectivity index (χ0v) is 8.24. The van der Waals surface area contributed by atoms with Gasteiger partial charge in [-0.3, -0.25) is 10.1 Å². The number of carbonyl (C=O) groups excluding carboxylic acids is 1. The van der Waals surface area contributed by atoms with Gasteiger partial charge in [-0.05, 0) is 19.4 Å². The number of nitrogens with two attached hydrogens (primary N) is 1. The van der Waals surface area contributed by atoms with Crippen LogP contribution in [0.15, 0.2) is 0 Å². The van der Waals surface area contributed by atoms with Crippen molar-refractivity contribution in [2.75, 3.05) is 26.3 Å². The molecule has 0 spiro atoms. The average molecular weight is 199 g/mol. The number of rotatable bonds is 2. The lowest BCUT2D eigenvalue weighted by Crippen LogP contribution is -2.59. The van der Waals surface area contributed by atoms with Gasteiger partial charge in [-0.15, -0.1) is 0 Å². The van der Waals surface area contributed by atoms with Crippen LogP contribution in [0.2, 0.25) is 0 Å². The van der Waals surface area contributed by atoms with Crippen molar-refractivity contribution >= 4 is 5.91 Å². The van der Waals surface area contributed by atoms with E-state index in [0.717, 1.165) is 19.4 Å². The van der Waals surface area contributed by atoms with E-state index in [1.165, 1.54) is 0 Å². The second-order valence-corrected chi connectivity index (χ2v) is 3.82. The largest absolute Gasteiger partial charge is 0.369 e. The van der Waals surface area contributed by atoms with E-state index >= 15 is 0 Å². The summed E-state index contributed by atoms with van der Waals surface area (Å²) in [7, 11) is 0. The minimum absolute atomic E-state index is 0.0480. The SMILES string of the molecule is NCC1COCC(=O)N1C1CCCN1. The highest BCUT2D eigenvalue weighted by Gasteiger charge is 2.34. The second-order valence-electron chi connectivity index (χ2n) is 3.82. The molecule has 2 saturated heterocycles. The molecule has 14 heavy (non-hydrogen) atoms. The van der Waals surface area contributed by atoms with Gasteiger partial charge in [-0.2, -0.15) is 0 Å². The first-order valence-electron chi connectivity index (χ1n) is 5.15. The molecule has 2 rings (SSSR count). The normalized spacial score (nSPS) is 33.8. The van der Waals surface area contributed by atoms with E-state index in [1.807, 2.05) is 4.90 Å². The zero-order valence-electron chi connectivity index (χ0n) is 8.24. The molecule has 3 N–H and O–H groups in total. The van der Waals surface area contributed by atoms with E-state index in [0.29, 0.717) is 13.2 Å². The van der Waals surface area contributed by atoms with Gasteiger partial charge in [0.2, 0.25) is 5.91 Å². The van der Waals surface area contributed by atoms with Gasteiger partial charge in [0, 0.05) is 6.54 Å². The van der Waals surface area contributed by atoms with Crippen molar-refractivity contribution in [2.45, 2.75) is 25.0 Å². The van der Waals surface area contributed by atoms with E-state index in [4.69, 9.17) is 10.5 Å². The number of hydrogen-bond acceptors (Lipinski definition) is 4. The van der Waals surface area contributed by atoms with E-state index in [1.54, 1.807) is 0 Å². The van der Waals surface area contributed by atoms with E-state index in [2.05, 4.69) is 5.32 Å². The Balaban J connectivity index is 2.06. The van der Waals surface area contributed by atoms with Crippen LogP contribution in [0.1, 0.15) is 12.8 Å². The Hall–Kier alpha value is -0.650. The van der Waals surface area contributed by atoms with Gasteiger partial charge in [0.25, 0.3) is 0 Å². The molecule has 0 aromatic carbocycles. The summed E-state index contributed by atoms with van der Waals surface area (Å²) in [6.07, 6.45) is 2.34. The van der Waals surface area contributed by atoms with Gasteiger partial charge < -0.3 is 15.4 Å². The van der Waals surface area contributed by atoms with Crippen LogP contribution in [0, 0.1) is 0 Å². The van der Waals surface area contributed by atoms with Crippen molar-refractivity contribution in [3.8, 4) is 0 Å². The average Bonchev–Trinajstić information content (AvgIpc) is 2.70. The molecule has 2 unspecified atom stereocenters. The molecule has 2 aliphatic heterocycles. The molecular formula is C9H17N3O2. The number of ether oxygens (including phenoxy) is 1. The number of nitrogens with one attached hydrogen (secondary N) is 1. The minimum Gasteiger partial charge on any atom is -0.369 e. The molecule has 2 aliphatic rings. The number of morpholine rings is 1. The first-order valence-corrected chi connectivity index (χ1v) is 5.15. The van der Waals surface area contributed by atoms with Crippen LogP contribution in [0.25, 0.3) is 0 Å². The van der Waals surface area contributed by atoms with Gasteiger partial charge in [0.05, 0.1) is 18.8 Å². The fourth-order valence-corrected chi connectivity index (χ4v) is 2.15. The first kappa shape index (κ1) is 9.89. The summed E-state index contributed by atoms with van der Waals surface area (Å²) in [5.74, 6) is 0.0612. The van der Waals surface area contributed by atoms with Crippen molar-refractivity contribution < 1.29 is 9.53 Å². The fourth-order valence-electron chi connectivity index (χ4n) is 2.15. The summed E-state index contributed by atoms with van der Waals surface area (Å²) in [5, 5.41) is 3.32. The van der Waals surface area contributed by atoms with E-state index in [9.17, 15) is 4.79 Å². The lowest BCUT2D eigenvalue weighted by atomic mass is 10.2. The third kappa shape index (κ3) is 1.75. The van der Waals surface area contributed by atoms with Crippen molar-refractivity contribution in [1.29, 1.82) is 0 Å². The smallest absolute Gasteiger partial charge is 0.250 e. The molecule has 0 saturated carbocycles. The maximum Gasteiger partial charge on any atom is 0.250 e. The lowest BCUT2D eigenvalue weighted by Gasteiger charge is -2.38. The van der Waals surface area contributed by atoms with Gasteiger partial charge in [0.1, 0.15) is 6.61 Å². The fraction of sp³-hybridized carbons (Fsp3) is 0.889. The summed E-state index contributed by atoms with van der Waals surface area (Å²) in [6, 6.07) is 0.0480. The van der Waals surface area contributed by atoms with Crippen LogP contribution >= 0.6 is 0 Å². The predicted molar refractivity (Wildman–Crippen MR) is 51.5 cm³/mol. The Kier molecular flexibility index (Phi) is 3.00. The van der Waals surface area contributed by atoms with Gasteiger partial charge >= 0.3 is 0 Å². The monoisotopic (exact) mass is 199 g/mol. The number of carbonyl (C=O) groups is 1. The van der Waals surface area contributed by atoms with Gasteiger partial charge in [-0.25, -0.2) is 0 Å². The van der Waals surface area contributed by atoms with Gasteiger partial charge in [0.15, 0.2) is 0 Å². The molecule has 0 aromatic heterocycles. The second kappa shape index (κ2) is 4.25. The highest BCUT2D eigenvalue weighted by Crippen LogP contribution is 2.17. The van der Waals surface area contributed by atoms with Crippen LogP contribution in [0.3, 0.4) is 0 Å². The maximum absolute atomic E-state index is 11.7. The minimum atomic E-state index is 0.0480. The topological polar surface area (TPSA) is 67.6 Å². The third-order valence-electron chi connectivity index (χ3n) is 2.86. The zero-order chi connectivity index (χ0) is 9.97. The molecule has 0 aromatic rings. The molecule has 1 amide bonds. The molecular weight excluding hydrogens is 182 g/mol. The van der Waals surface area contributed by atoms with Crippen LogP contribution in [0.4, 0.5) is 0 Å². The number of nitrogens with zero attached hydrogens (tertiary/aromatic N) is 1. The van der Waals surface area contributed by atoms with Crippen molar-refractivity contribution in [3.63, 3.8) is 0 Å². The Morgan fingerprint density at radius 2 is 2.50 bits per heavy atom. The lowest BCUT2D eigenvalue weighted by molar-refractivity contribution is -0.151. The molecule has 2 atom stereocenters. The summed E-state index contributed by atoms with van der Waals surface area (Å²) in [5.41, 5.74) is 5.62. The Bertz CT molecular complexity index is 214. The van der Waals surface area contributed by atoms with E-state index in [-0.39, 0.29) is 24.7 Å². The Labute approximate surface area is 83.6 Å². The molecule has 5 nitrogen and oxygen atoms in total. The number of amides is 1. The highest BCUT2D eigenvalue weighted by molar-refractivity contribution is 5.78. The summed E-state index contributed by atoms with van der Waals surface area (Å²) in [4.78, 5) is 13.5. The molecule has 80 valence electrons. The predicted octanol–water partition coefficient (Wildman–Crippen LogP) is -1.12. The van der Waals surface area contributed by atoms with Crippen LogP contribution in [-0.4, -0.2) is 49.3 Å². The Morgan fingerprint density at radius 1 is 1.64 bits per heavy atom. The highest BCUT2D eigenvalue weighted by atomic mass is 16.5. The molecule has 0 aliphatic carbocycles. The van der Waals surface area contributed by atoms with Crippen LogP contribution in [-0.2, 0) is 9.53 Å². The van der Waals surface area contributed by atoms with Crippen molar-refractivity contribution in [3.05, 3.63) is 0 Å². The summed E-state index contributed by atoms with van der Waals surface area (Å²) < 4.78 is 5.18. The number of hydrogen-bond donors (Lipinski definition) is 2. The van der Waals surface area contributed by atoms with Crippen molar-refractivity contribution in [1.82, 2.24) is 10.2 Å². The maximum atomic E-state index is 11.7. The quantitative estimate of drug-likeness (QED) is 0.591. The molecule has 0 radical (unpaired) electrons. The molecule has 2 heterocycles.